The van der Waals surface area contributed by atoms with E-state index in [0.29, 0.717) is 10.9 Å². The first kappa shape index (κ1) is 25.0. The SMILES string of the molecule is CC(C)(C[C@@H]1CCN([C@H]2Cc3c(Cl)cc(Cl)cc3[C@@H]2N)C1)[Si](O)(c1ccccc1)c1ccccc1. The van der Waals surface area contributed by atoms with Crippen molar-refractivity contribution in [3.63, 3.8) is 0 Å². The van der Waals surface area contributed by atoms with Gasteiger partial charge in [0.2, 0.25) is 0 Å². The van der Waals surface area contributed by atoms with E-state index >= 15 is 0 Å². The molecule has 1 aliphatic heterocycles. The molecule has 0 saturated carbocycles. The average molecular weight is 526 g/mol. The number of likely N-dealkylation sites (tertiary alicyclic amines) is 1. The van der Waals surface area contributed by atoms with Gasteiger partial charge in [-0.15, -0.1) is 0 Å². The van der Waals surface area contributed by atoms with E-state index in [-0.39, 0.29) is 17.1 Å². The molecule has 0 spiro atoms. The molecule has 1 aliphatic carbocycles. The average Bonchev–Trinajstić information content (AvgIpc) is 3.43. The van der Waals surface area contributed by atoms with Crippen molar-refractivity contribution in [2.75, 3.05) is 13.1 Å². The third kappa shape index (κ3) is 4.50. The number of rotatable bonds is 6. The second kappa shape index (κ2) is 9.66. The molecule has 3 atom stereocenters. The van der Waals surface area contributed by atoms with Gasteiger partial charge in [0, 0.05) is 28.7 Å². The minimum atomic E-state index is -3.00. The Balaban J connectivity index is 1.36. The van der Waals surface area contributed by atoms with E-state index in [1.165, 1.54) is 0 Å². The van der Waals surface area contributed by atoms with Crippen molar-refractivity contribution in [2.45, 2.75) is 50.2 Å². The minimum absolute atomic E-state index is 0.0760. The zero-order valence-electron chi connectivity index (χ0n) is 20.4. The van der Waals surface area contributed by atoms with E-state index in [1.54, 1.807) is 0 Å². The first-order valence-electron chi connectivity index (χ1n) is 12.5. The van der Waals surface area contributed by atoms with Crippen LogP contribution in [0.4, 0.5) is 0 Å². The lowest BCUT2D eigenvalue weighted by Gasteiger charge is -2.42. The molecule has 35 heavy (non-hydrogen) atoms. The summed E-state index contributed by atoms with van der Waals surface area (Å²) in [7, 11) is -3.00. The molecule has 6 heteroatoms. The Morgan fingerprint density at radius 1 is 1.00 bits per heavy atom. The number of hydrogen-bond acceptors (Lipinski definition) is 3. The molecule has 1 heterocycles. The van der Waals surface area contributed by atoms with Crippen LogP contribution >= 0.6 is 23.2 Å². The summed E-state index contributed by atoms with van der Waals surface area (Å²) in [6.45, 7) is 6.55. The first-order chi connectivity index (χ1) is 16.7. The predicted molar refractivity (Wildman–Crippen MR) is 149 cm³/mol. The normalized spacial score (nSPS) is 23.0. The maximum Gasteiger partial charge on any atom is 0.258 e. The van der Waals surface area contributed by atoms with E-state index in [9.17, 15) is 4.80 Å². The minimum Gasteiger partial charge on any atom is -0.424 e. The van der Waals surface area contributed by atoms with Gasteiger partial charge >= 0.3 is 0 Å². The van der Waals surface area contributed by atoms with E-state index in [1.807, 2.05) is 48.5 Å². The molecule has 1 saturated heterocycles. The quantitative estimate of drug-likeness (QED) is 0.437. The molecule has 0 bridgehead atoms. The molecular weight excluding hydrogens is 491 g/mol. The smallest absolute Gasteiger partial charge is 0.258 e. The Hall–Kier alpha value is -1.66. The predicted octanol–water partition coefficient (Wildman–Crippen LogP) is 5.16. The number of benzene rings is 3. The molecule has 0 aromatic heterocycles. The van der Waals surface area contributed by atoms with Crippen molar-refractivity contribution < 1.29 is 4.80 Å². The van der Waals surface area contributed by atoms with E-state index in [2.05, 4.69) is 43.0 Å². The molecular formula is C29H34Cl2N2OSi. The van der Waals surface area contributed by atoms with Crippen LogP contribution in [0.1, 0.15) is 43.9 Å². The molecule has 3 aromatic carbocycles. The van der Waals surface area contributed by atoms with Crippen LogP contribution in [0.25, 0.3) is 0 Å². The van der Waals surface area contributed by atoms with Gasteiger partial charge in [-0.3, -0.25) is 4.90 Å². The lowest BCUT2D eigenvalue weighted by Crippen LogP contribution is -2.65. The second-order valence-corrected chi connectivity index (χ2v) is 15.7. The lowest BCUT2D eigenvalue weighted by molar-refractivity contribution is 0.211. The third-order valence-electron chi connectivity index (χ3n) is 8.33. The number of fused-ring (bicyclic) bond motifs is 1. The second-order valence-electron chi connectivity index (χ2n) is 10.9. The highest BCUT2D eigenvalue weighted by Gasteiger charge is 2.51. The fourth-order valence-corrected chi connectivity index (χ4v) is 11.0. The largest absolute Gasteiger partial charge is 0.424 e. The summed E-state index contributed by atoms with van der Waals surface area (Å²) >= 11 is 12.8. The number of nitrogens with zero attached hydrogens (tertiary/aromatic N) is 1. The van der Waals surface area contributed by atoms with Crippen LogP contribution in [0.5, 0.6) is 0 Å². The van der Waals surface area contributed by atoms with Crippen molar-refractivity contribution >= 4 is 41.9 Å². The van der Waals surface area contributed by atoms with Gasteiger partial charge < -0.3 is 10.5 Å². The molecule has 3 N–H and O–H groups in total. The lowest BCUT2D eigenvalue weighted by atomic mass is 9.95. The van der Waals surface area contributed by atoms with Gasteiger partial charge in [0.05, 0.1) is 0 Å². The fraction of sp³-hybridized carbons (Fsp3) is 0.379. The maximum absolute atomic E-state index is 12.5. The molecule has 3 aromatic rings. The van der Waals surface area contributed by atoms with Crippen molar-refractivity contribution in [1.82, 2.24) is 4.90 Å². The summed E-state index contributed by atoms with van der Waals surface area (Å²) in [6, 6.07) is 24.6. The standard InChI is InChI=1S/C29H34Cl2N2OSi/c1-29(2,35(34,22-9-5-3-6-10-22)23-11-7-4-8-12-23)18-20-13-14-33(19-20)27-17-24-25(28(27)32)15-21(30)16-26(24)31/h3-12,15-16,20,27-28,34H,13-14,17-19,32H2,1-2H3/t20-,27-,28-/m0/s1. The Kier molecular flexibility index (Phi) is 6.90. The molecule has 5 rings (SSSR count). The van der Waals surface area contributed by atoms with E-state index in [0.717, 1.165) is 58.9 Å². The van der Waals surface area contributed by atoms with Crippen LogP contribution in [-0.4, -0.2) is 37.1 Å². The van der Waals surface area contributed by atoms with Crippen LogP contribution in [0.3, 0.4) is 0 Å². The fourth-order valence-electron chi connectivity index (χ4n) is 6.54. The van der Waals surface area contributed by atoms with Gasteiger partial charge in [-0.25, -0.2) is 0 Å². The summed E-state index contributed by atoms with van der Waals surface area (Å²) < 4.78 is 0. The van der Waals surface area contributed by atoms with Gasteiger partial charge in [-0.1, -0.05) is 97.7 Å². The van der Waals surface area contributed by atoms with E-state index < -0.39 is 8.32 Å². The van der Waals surface area contributed by atoms with Crippen molar-refractivity contribution in [3.8, 4) is 0 Å². The molecule has 0 amide bonds. The van der Waals surface area contributed by atoms with Crippen molar-refractivity contribution in [2.24, 2.45) is 11.7 Å². The highest BCUT2D eigenvalue weighted by atomic mass is 35.5. The van der Waals surface area contributed by atoms with Gasteiger partial charge in [-0.2, -0.15) is 0 Å². The van der Waals surface area contributed by atoms with Crippen LogP contribution in [0.2, 0.25) is 15.1 Å². The Bertz CT molecular complexity index is 1150. The number of halogens is 2. The highest BCUT2D eigenvalue weighted by Crippen LogP contribution is 2.45. The zero-order valence-corrected chi connectivity index (χ0v) is 22.9. The van der Waals surface area contributed by atoms with Gasteiger partial charge in [-0.05, 0) is 70.4 Å². The van der Waals surface area contributed by atoms with Crippen molar-refractivity contribution in [3.05, 3.63) is 94.0 Å². The summed E-state index contributed by atoms with van der Waals surface area (Å²) in [5, 5.41) is 3.28. The maximum atomic E-state index is 12.5. The van der Waals surface area contributed by atoms with Gasteiger partial charge in [0.15, 0.2) is 0 Å². The van der Waals surface area contributed by atoms with Crippen LogP contribution in [0.15, 0.2) is 72.8 Å². The topological polar surface area (TPSA) is 49.5 Å². The molecule has 3 nitrogen and oxygen atoms in total. The summed E-state index contributed by atoms with van der Waals surface area (Å²) in [6.07, 6.45) is 2.96. The number of nitrogens with two attached hydrogens (primary N) is 1. The van der Waals surface area contributed by atoms with Gasteiger partial charge in [0.25, 0.3) is 8.32 Å². The monoisotopic (exact) mass is 524 g/mol. The Labute approximate surface area is 220 Å². The van der Waals surface area contributed by atoms with Crippen LogP contribution < -0.4 is 16.1 Å². The van der Waals surface area contributed by atoms with Gasteiger partial charge in [0.1, 0.15) is 0 Å². The molecule has 0 unspecified atom stereocenters. The molecule has 1 fully saturated rings. The highest BCUT2D eigenvalue weighted by molar-refractivity contribution is 6.98. The van der Waals surface area contributed by atoms with Crippen LogP contribution in [-0.2, 0) is 6.42 Å². The summed E-state index contributed by atoms with van der Waals surface area (Å²) in [5.41, 5.74) is 8.94. The van der Waals surface area contributed by atoms with Crippen molar-refractivity contribution in [1.29, 1.82) is 0 Å². The first-order valence-corrected chi connectivity index (χ1v) is 15.2. The van der Waals surface area contributed by atoms with E-state index in [4.69, 9.17) is 28.9 Å². The molecule has 2 aliphatic rings. The summed E-state index contributed by atoms with van der Waals surface area (Å²) in [4.78, 5) is 15.1. The zero-order chi connectivity index (χ0) is 24.8. The molecule has 184 valence electrons. The third-order valence-corrected chi connectivity index (χ3v) is 13.4. The Morgan fingerprint density at radius 2 is 1.60 bits per heavy atom. The summed E-state index contributed by atoms with van der Waals surface area (Å²) in [5.74, 6) is 0.506. The van der Waals surface area contributed by atoms with Crippen LogP contribution in [0, 0.1) is 5.92 Å². The molecule has 0 radical (unpaired) electrons. The Morgan fingerprint density at radius 3 is 2.20 bits per heavy atom. The number of hydrogen-bond donors (Lipinski definition) is 2.